The van der Waals surface area contributed by atoms with Gasteiger partial charge in [0.05, 0.1) is 0 Å². The zero-order valence-electron chi connectivity index (χ0n) is 10.1. The molecule has 0 atom stereocenters. The monoisotopic (exact) mass is 248 g/mol. The molecule has 0 rings (SSSR count). The normalized spacial score (nSPS) is 14.1. The molecule has 2 N–H and O–H groups in total. The largest absolute Gasteiger partial charge is 0.524 e. The predicted octanol–water partition coefficient (Wildman–Crippen LogP) is 3.53. The first-order valence-corrected chi connectivity index (χ1v) is 7.12. The molecule has 0 bridgehead atoms. The van der Waals surface area contributed by atoms with E-state index in [1.807, 2.05) is 19.9 Å². The van der Waals surface area contributed by atoms with Crippen LogP contribution in [0.25, 0.3) is 0 Å². The molecule has 5 heteroatoms. The lowest BCUT2D eigenvalue weighted by atomic mass is 10.1. The van der Waals surface area contributed by atoms with Crippen LogP contribution in [0.4, 0.5) is 0 Å². The Labute approximate surface area is 97.3 Å². The van der Waals surface area contributed by atoms with Gasteiger partial charge in [-0.1, -0.05) is 33.3 Å². The third-order valence-corrected chi connectivity index (χ3v) is 2.42. The van der Waals surface area contributed by atoms with Gasteiger partial charge in [-0.15, -0.1) is 0 Å². The van der Waals surface area contributed by atoms with Gasteiger partial charge in [-0.05, 0) is 30.9 Å². The molecule has 0 saturated heterocycles. The Morgan fingerprint density at radius 3 is 2.25 bits per heavy atom. The van der Waals surface area contributed by atoms with Gasteiger partial charge in [0.2, 0.25) is 0 Å². The molecule has 16 heavy (non-hydrogen) atoms. The molecule has 0 aliphatic rings. The highest BCUT2D eigenvalue weighted by atomic mass is 31.2. The van der Waals surface area contributed by atoms with Gasteiger partial charge in [-0.25, -0.2) is 4.57 Å². The molecule has 0 aliphatic carbocycles. The molecule has 0 aromatic rings. The van der Waals surface area contributed by atoms with E-state index in [1.165, 1.54) is 0 Å². The average molecular weight is 248 g/mol. The van der Waals surface area contributed by atoms with Crippen molar-refractivity contribution in [2.45, 2.75) is 46.5 Å². The first kappa shape index (κ1) is 15.4. The number of allylic oxidation sites excluding steroid dienone is 3. The molecule has 0 saturated carbocycles. The number of phosphoric ester groups is 1. The van der Waals surface area contributed by atoms with Gasteiger partial charge < -0.3 is 4.52 Å². The van der Waals surface area contributed by atoms with Crippen LogP contribution in [0.15, 0.2) is 23.5 Å². The van der Waals surface area contributed by atoms with E-state index in [-0.39, 0.29) is 0 Å². The van der Waals surface area contributed by atoms with Crippen LogP contribution in [-0.4, -0.2) is 9.79 Å². The van der Waals surface area contributed by atoms with Gasteiger partial charge in [0.1, 0.15) is 5.76 Å². The molecular formula is C11H21O4P. The second-order valence-corrected chi connectivity index (χ2v) is 4.59. The highest BCUT2D eigenvalue weighted by Crippen LogP contribution is 2.41. The zero-order valence-corrected chi connectivity index (χ0v) is 11.0. The van der Waals surface area contributed by atoms with Crippen LogP contribution in [0, 0.1) is 0 Å². The summed E-state index contributed by atoms with van der Waals surface area (Å²) in [6.45, 7) is 5.89. The molecule has 0 amide bonds. The van der Waals surface area contributed by atoms with Crippen molar-refractivity contribution in [1.82, 2.24) is 0 Å². The maximum absolute atomic E-state index is 10.8. The van der Waals surface area contributed by atoms with Crippen LogP contribution in [0.5, 0.6) is 0 Å². The molecule has 0 radical (unpaired) electrons. The number of unbranched alkanes of at least 4 members (excludes halogenated alkanes) is 1. The van der Waals surface area contributed by atoms with Crippen LogP contribution in [0.3, 0.4) is 0 Å². The van der Waals surface area contributed by atoms with Crippen molar-refractivity contribution in [3.05, 3.63) is 23.5 Å². The summed E-state index contributed by atoms with van der Waals surface area (Å²) in [5.41, 5.74) is 0.854. The third kappa shape index (κ3) is 6.83. The van der Waals surface area contributed by atoms with Crippen LogP contribution in [0.2, 0.25) is 0 Å². The zero-order chi connectivity index (χ0) is 12.6. The minimum absolute atomic E-state index is 0.312. The van der Waals surface area contributed by atoms with Gasteiger partial charge >= 0.3 is 7.82 Å². The van der Waals surface area contributed by atoms with Crippen molar-refractivity contribution < 1.29 is 18.9 Å². The predicted molar refractivity (Wildman–Crippen MR) is 64.8 cm³/mol. The van der Waals surface area contributed by atoms with E-state index in [4.69, 9.17) is 9.79 Å². The summed E-state index contributed by atoms with van der Waals surface area (Å²) in [6, 6.07) is 0. The van der Waals surface area contributed by atoms with E-state index < -0.39 is 7.82 Å². The van der Waals surface area contributed by atoms with Gasteiger partial charge in [0.15, 0.2) is 0 Å². The van der Waals surface area contributed by atoms with E-state index in [2.05, 4.69) is 11.4 Å². The van der Waals surface area contributed by atoms with Crippen molar-refractivity contribution in [2.75, 3.05) is 0 Å². The van der Waals surface area contributed by atoms with E-state index >= 15 is 0 Å². The summed E-state index contributed by atoms with van der Waals surface area (Å²) in [7, 11) is -4.46. The molecule has 4 nitrogen and oxygen atoms in total. The fourth-order valence-electron chi connectivity index (χ4n) is 1.28. The molecule has 0 aliphatic heterocycles. The molecule has 0 unspecified atom stereocenters. The number of rotatable bonds is 7. The Morgan fingerprint density at radius 1 is 1.25 bits per heavy atom. The van der Waals surface area contributed by atoms with Crippen molar-refractivity contribution in [1.29, 1.82) is 0 Å². The van der Waals surface area contributed by atoms with E-state index in [0.29, 0.717) is 18.6 Å². The average Bonchev–Trinajstić information content (AvgIpc) is 2.17. The highest BCUT2D eigenvalue weighted by Gasteiger charge is 2.19. The number of hydrogen-bond acceptors (Lipinski definition) is 2. The summed E-state index contributed by atoms with van der Waals surface area (Å²) in [5.74, 6) is 0.312. The SMILES string of the molecule is CCC=C(OP(=O)(O)O)C(=CCCC)CC. The Morgan fingerprint density at radius 2 is 1.88 bits per heavy atom. The molecular weight excluding hydrogens is 227 g/mol. The number of phosphoric acid groups is 1. The van der Waals surface area contributed by atoms with Crippen molar-refractivity contribution in [2.24, 2.45) is 0 Å². The Balaban J connectivity index is 4.88. The standard InChI is InChI=1S/C11H21O4P/c1-4-7-9-10(6-3)11(8-5-2)15-16(12,13)14/h8-9H,4-7H2,1-3H3,(H2,12,13,14). The molecule has 94 valence electrons. The van der Waals surface area contributed by atoms with Crippen LogP contribution >= 0.6 is 7.82 Å². The lowest BCUT2D eigenvalue weighted by Crippen LogP contribution is -1.95. The lowest BCUT2D eigenvalue weighted by molar-refractivity contribution is 0.244. The second kappa shape index (κ2) is 7.66. The maximum atomic E-state index is 10.8. The minimum atomic E-state index is -4.46. The highest BCUT2D eigenvalue weighted by molar-refractivity contribution is 7.46. The smallest absolute Gasteiger partial charge is 0.404 e. The molecule has 0 fully saturated rings. The number of hydrogen-bond donors (Lipinski definition) is 2. The summed E-state index contributed by atoms with van der Waals surface area (Å²) < 4.78 is 15.5. The summed E-state index contributed by atoms with van der Waals surface area (Å²) in [4.78, 5) is 17.6. The minimum Gasteiger partial charge on any atom is -0.404 e. The Kier molecular flexibility index (Phi) is 7.39. The quantitative estimate of drug-likeness (QED) is 0.411. The Hall–Kier alpha value is -0.570. The fourth-order valence-corrected chi connectivity index (χ4v) is 1.73. The van der Waals surface area contributed by atoms with Gasteiger partial charge in [-0.3, -0.25) is 9.79 Å². The van der Waals surface area contributed by atoms with Crippen LogP contribution in [-0.2, 0) is 9.09 Å². The van der Waals surface area contributed by atoms with E-state index in [9.17, 15) is 4.57 Å². The molecule has 0 spiro atoms. The molecule has 0 aromatic carbocycles. The Bertz CT molecular complexity index is 301. The summed E-state index contributed by atoms with van der Waals surface area (Å²) in [5, 5.41) is 0. The van der Waals surface area contributed by atoms with Gasteiger partial charge in [0.25, 0.3) is 0 Å². The third-order valence-electron chi connectivity index (χ3n) is 1.98. The second-order valence-electron chi connectivity index (χ2n) is 3.43. The van der Waals surface area contributed by atoms with Gasteiger partial charge in [0, 0.05) is 0 Å². The van der Waals surface area contributed by atoms with Gasteiger partial charge in [-0.2, -0.15) is 0 Å². The van der Waals surface area contributed by atoms with E-state index in [0.717, 1.165) is 18.4 Å². The first-order valence-electron chi connectivity index (χ1n) is 5.59. The van der Waals surface area contributed by atoms with E-state index in [1.54, 1.807) is 6.08 Å². The molecule has 0 aromatic heterocycles. The maximum Gasteiger partial charge on any atom is 0.524 e. The first-order chi connectivity index (χ1) is 7.44. The van der Waals surface area contributed by atoms with Crippen molar-refractivity contribution >= 4 is 7.82 Å². The lowest BCUT2D eigenvalue weighted by Gasteiger charge is -2.13. The molecule has 0 heterocycles. The fraction of sp³-hybridized carbons (Fsp3) is 0.636. The van der Waals surface area contributed by atoms with Crippen molar-refractivity contribution in [3.63, 3.8) is 0 Å². The summed E-state index contributed by atoms with van der Waals surface area (Å²) >= 11 is 0. The van der Waals surface area contributed by atoms with Crippen LogP contribution < -0.4 is 0 Å². The summed E-state index contributed by atoms with van der Waals surface area (Å²) in [6.07, 6.45) is 6.93. The topological polar surface area (TPSA) is 66.8 Å². The van der Waals surface area contributed by atoms with Crippen molar-refractivity contribution in [3.8, 4) is 0 Å². The van der Waals surface area contributed by atoms with Crippen LogP contribution in [0.1, 0.15) is 46.5 Å².